The lowest BCUT2D eigenvalue weighted by Crippen LogP contribution is -1.89. The Labute approximate surface area is 115 Å². The summed E-state index contributed by atoms with van der Waals surface area (Å²) < 4.78 is 6.95. The molecule has 3 aromatic rings. The van der Waals surface area contributed by atoms with Crippen molar-refractivity contribution in [3.8, 4) is 29.0 Å². The molecule has 0 aliphatic carbocycles. The van der Waals surface area contributed by atoms with Crippen molar-refractivity contribution in [2.24, 2.45) is 7.05 Å². The molecule has 2 aromatic heterocycles. The third kappa shape index (κ3) is 2.06. The topological polar surface area (TPSA) is 80.5 Å². The van der Waals surface area contributed by atoms with Crippen LogP contribution < -0.4 is 0 Å². The molecule has 6 heteroatoms. The predicted octanol–water partition coefficient (Wildman–Crippen LogP) is 2.32. The highest BCUT2D eigenvalue weighted by Gasteiger charge is 2.14. The van der Waals surface area contributed by atoms with Gasteiger partial charge in [-0.15, -0.1) is 0 Å². The summed E-state index contributed by atoms with van der Waals surface area (Å²) in [7, 11) is 1.83. The monoisotopic (exact) mass is 265 g/mol. The molecule has 0 aliphatic rings. The van der Waals surface area contributed by atoms with Crippen molar-refractivity contribution in [1.29, 1.82) is 5.26 Å². The van der Waals surface area contributed by atoms with E-state index in [0.717, 1.165) is 11.1 Å². The summed E-state index contributed by atoms with van der Waals surface area (Å²) >= 11 is 0. The van der Waals surface area contributed by atoms with Gasteiger partial charge in [-0.25, -0.2) is 0 Å². The third-order valence-corrected chi connectivity index (χ3v) is 2.95. The van der Waals surface area contributed by atoms with Gasteiger partial charge in [0.15, 0.2) is 0 Å². The van der Waals surface area contributed by atoms with Gasteiger partial charge in [0.2, 0.25) is 5.82 Å². The first-order valence-corrected chi connectivity index (χ1v) is 6.02. The van der Waals surface area contributed by atoms with E-state index < -0.39 is 0 Å². The van der Waals surface area contributed by atoms with Gasteiger partial charge in [-0.2, -0.15) is 15.3 Å². The summed E-state index contributed by atoms with van der Waals surface area (Å²) in [6.07, 6.45) is 1.82. The molecular weight excluding hydrogens is 254 g/mol. The number of aryl methyl sites for hydroxylation is 2. The van der Waals surface area contributed by atoms with Crippen LogP contribution in [0.2, 0.25) is 0 Å². The summed E-state index contributed by atoms with van der Waals surface area (Å²) in [5.41, 5.74) is 3.00. The molecule has 0 radical (unpaired) electrons. The molecule has 0 fully saturated rings. The van der Waals surface area contributed by atoms with Gasteiger partial charge in [0, 0.05) is 18.8 Å². The Morgan fingerprint density at radius 3 is 2.80 bits per heavy atom. The summed E-state index contributed by atoms with van der Waals surface area (Å²) in [5.74, 6) is 0.872. The van der Waals surface area contributed by atoms with Crippen LogP contribution >= 0.6 is 0 Å². The maximum atomic E-state index is 8.87. The standard InChI is InChI=1S/C14H11N5O/c1-9-7-10(8-15)3-4-11(9)14-16-13(18-20-14)12-5-6-19(2)17-12/h3-7H,1-2H3. The van der Waals surface area contributed by atoms with E-state index in [1.165, 1.54) is 0 Å². The minimum Gasteiger partial charge on any atom is -0.334 e. The molecule has 20 heavy (non-hydrogen) atoms. The number of hydrogen-bond acceptors (Lipinski definition) is 5. The average Bonchev–Trinajstić information content (AvgIpc) is 3.07. The fourth-order valence-electron chi connectivity index (χ4n) is 1.94. The van der Waals surface area contributed by atoms with Crippen LogP contribution in [0.4, 0.5) is 0 Å². The van der Waals surface area contributed by atoms with E-state index in [-0.39, 0.29) is 0 Å². The first-order chi connectivity index (χ1) is 9.67. The van der Waals surface area contributed by atoms with Gasteiger partial charge < -0.3 is 4.52 Å². The van der Waals surface area contributed by atoms with Crippen molar-refractivity contribution >= 4 is 0 Å². The number of hydrogen-bond donors (Lipinski definition) is 0. The normalized spacial score (nSPS) is 10.4. The molecule has 3 rings (SSSR count). The van der Waals surface area contributed by atoms with Crippen molar-refractivity contribution < 1.29 is 4.52 Å². The largest absolute Gasteiger partial charge is 0.334 e. The van der Waals surface area contributed by atoms with Crippen LogP contribution in [0.1, 0.15) is 11.1 Å². The van der Waals surface area contributed by atoms with Crippen LogP contribution in [0, 0.1) is 18.3 Å². The summed E-state index contributed by atoms with van der Waals surface area (Å²) in [5, 5.41) is 17.0. The first-order valence-electron chi connectivity index (χ1n) is 6.02. The Kier molecular flexibility index (Phi) is 2.80. The van der Waals surface area contributed by atoms with Gasteiger partial charge in [0.25, 0.3) is 5.89 Å². The van der Waals surface area contributed by atoms with Crippen LogP contribution in [-0.4, -0.2) is 19.9 Å². The number of benzene rings is 1. The van der Waals surface area contributed by atoms with Gasteiger partial charge in [-0.1, -0.05) is 5.16 Å². The highest BCUT2D eigenvalue weighted by molar-refractivity contribution is 5.62. The van der Waals surface area contributed by atoms with E-state index in [1.54, 1.807) is 16.8 Å². The second kappa shape index (κ2) is 4.63. The average molecular weight is 265 g/mol. The molecule has 0 unspecified atom stereocenters. The number of nitrogens with zero attached hydrogens (tertiary/aromatic N) is 5. The van der Waals surface area contributed by atoms with Crippen molar-refractivity contribution in [3.63, 3.8) is 0 Å². The maximum absolute atomic E-state index is 8.87. The Morgan fingerprint density at radius 2 is 2.15 bits per heavy atom. The minimum atomic E-state index is 0.424. The van der Waals surface area contributed by atoms with Crippen LogP contribution in [0.3, 0.4) is 0 Å². The molecule has 98 valence electrons. The quantitative estimate of drug-likeness (QED) is 0.710. The van der Waals surface area contributed by atoms with Gasteiger partial charge in [-0.3, -0.25) is 4.68 Å². The van der Waals surface area contributed by atoms with E-state index in [1.807, 2.05) is 32.3 Å². The summed E-state index contributed by atoms with van der Waals surface area (Å²) in [6.45, 7) is 1.90. The lowest BCUT2D eigenvalue weighted by Gasteiger charge is -1.99. The molecule has 0 N–H and O–H groups in total. The highest BCUT2D eigenvalue weighted by atomic mass is 16.5. The highest BCUT2D eigenvalue weighted by Crippen LogP contribution is 2.24. The Morgan fingerprint density at radius 1 is 1.30 bits per heavy atom. The zero-order chi connectivity index (χ0) is 14.1. The SMILES string of the molecule is Cc1cc(C#N)ccc1-c1nc(-c2ccn(C)n2)no1. The molecule has 0 saturated heterocycles. The molecule has 0 amide bonds. The first kappa shape index (κ1) is 12.1. The molecule has 0 atom stereocenters. The molecule has 0 saturated carbocycles. The van der Waals surface area contributed by atoms with E-state index in [2.05, 4.69) is 21.3 Å². The van der Waals surface area contributed by atoms with Crippen LogP contribution in [0.25, 0.3) is 23.0 Å². The second-order valence-corrected chi connectivity index (χ2v) is 4.44. The fourth-order valence-corrected chi connectivity index (χ4v) is 1.94. The maximum Gasteiger partial charge on any atom is 0.258 e. The van der Waals surface area contributed by atoms with Crippen molar-refractivity contribution in [2.45, 2.75) is 6.92 Å². The van der Waals surface area contributed by atoms with E-state index in [0.29, 0.717) is 23.0 Å². The number of nitriles is 1. The zero-order valence-corrected chi connectivity index (χ0v) is 11.0. The van der Waals surface area contributed by atoms with Gasteiger partial charge in [0.1, 0.15) is 5.69 Å². The van der Waals surface area contributed by atoms with Gasteiger partial charge in [0.05, 0.1) is 11.6 Å². The van der Waals surface area contributed by atoms with Crippen molar-refractivity contribution in [1.82, 2.24) is 19.9 Å². The van der Waals surface area contributed by atoms with Crippen LogP contribution in [0.15, 0.2) is 35.0 Å². The molecule has 2 heterocycles. The minimum absolute atomic E-state index is 0.424. The fraction of sp³-hybridized carbons (Fsp3) is 0.143. The lowest BCUT2D eigenvalue weighted by molar-refractivity contribution is 0.432. The lowest BCUT2D eigenvalue weighted by atomic mass is 10.1. The molecule has 1 aromatic carbocycles. The van der Waals surface area contributed by atoms with E-state index in [4.69, 9.17) is 9.78 Å². The number of aromatic nitrogens is 4. The number of rotatable bonds is 2. The smallest absolute Gasteiger partial charge is 0.258 e. The molecule has 6 nitrogen and oxygen atoms in total. The summed E-state index contributed by atoms with van der Waals surface area (Å²) in [4.78, 5) is 4.34. The Balaban J connectivity index is 2.00. The van der Waals surface area contributed by atoms with Crippen molar-refractivity contribution in [2.75, 3.05) is 0 Å². The summed E-state index contributed by atoms with van der Waals surface area (Å²) in [6, 6.07) is 9.25. The van der Waals surface area contributed by atoms with Crippen molar-refractivity contribution in [3.05, 3.63) is 41.6 Å². The molecule has 0 bridgehead atoms. The van der Waals surface area contributed by atoms with Crippen LogP contribution in [-0.2, 0) is 7.05 Å². The third-order valence-electron chi connectivity index (χ3n) is 2.95. The Bertz CT molecular complexity index is 809. The van der Waals surface area contributed by atoms with Gasteiger partial charge in [-0.05, 0) is 36.8 Å². The molecule has 0 aliphatic heterocycles. The molecular formula is C14H11N5O. The van der Waals surface area contributed by atoms with E-state index >= 15 is 0 Å². The zero-order valence-electron chi connectivity index (χ0n) is 11.0. The van der Waals surface area contributed by atoms with Gasteiger partial charge >= 0.3 is 0 Å². The predicted molar refractivity (Wildman–Crippen MR) is 71.4 cm³/mol. The van der Waals surface area contributed by atoms with E-state index in [9.17, 15) is 0 Å². The second-order valence-electron chi connectivity index (χ2n) is 4.44. The Hall–Kier alpha value is -2.94. The molecule has 0 spiro atoms. The van der Waals surface area contributed by atoms with Crippen LogP contribution in [0.5, 0.6) is 0 Å².